The number of para-hydroxylation sites is 3. The summed E-state index contributed by atoms with van der Waals surface area (Å²) in [4.78, 5) is 4.91. The average Bonchev–Trinajstić information content (AvgIpc) is 3.13. The molecule has 3 aromatic heterocycles. The van der Waals surface area contributed by atoms with Crippen LogP contribution in [-0.2, 0) is 6.67 Å². The van der Waals surface area contributed by atoms with E-state index in [1.54, 1.807) is 0 Å². The summed E-state index contributed by atoms with van der Waals surface area (Å²) in [6, 6.07) is 21.2. The first kappa shape index (κ1) is 11.4. The molecule has 5 aromatic rings. The molecule has 0 unspecified atom stereocenters. The van der Waals surface area contributed by atoms with Crippen LogP contribution in [0.25, 0.3) is 38.9 Å². The molecule has 0 saturated heterocycles. The summed E-state index contributed by atoms with van der Waals surface area (Å²) in [5.41, 5.74) is 4.65. The molecular formula is C19H13N4+. The van der Waals surface area contributed by atoms with Crippen molar-refractivity contribution in [2.45, 2.75) is 6.67 Å². The van der Waals surface area contributed by atoms with Crippen molar-refractivity contribution in [1.29, 1.82) is 0 Å². The van der Waals surface area contributed by atoms with E-state index >= 15 is 0 Å². The van der Waals surface area contributed by atoms with Gasteiger partial charge in [-0.25, -0.2) is 4.57 Å². The third-order valence-electron chi connectivity index (χ3n) is 4.82. The first-order chi connectivity index (χ1) is 11.4. The van der Waals surface area contributed by atoms with Gasteiger partial charge in [-0.1, -0.05) is 24.3 Å². The van der Waals surface area contributed by atoms with Crippen LogP contribution in [0.4, 0.5) is 0 Å². The van der Waals surface area contributed by atoms with E-state index in [9.17, 15) is 0 Å². The largest absolute Gasteiger partial charge is 0.311 e. The Morgan fingerprint density at radius 3 is 2.57 bits per heavy atom. The minimum absolute atomic E-state index is 0.795. The van der Waals surface area contributed by atoms with E-state index in [2.05, 4.69) is 74.5 Å². The number of hydrogen-bond donors (Lipinski definition) is 0. The predicted octanol–water partition coefficient (Wildman–Crippen LogP) is 3.24. The molecule has 0 saturated carbocycles. The van der Waals surface area contributed by atoms with Gasteiger partial charge in [-0.15, -0.1) is 0 Å². The number of hydrogen-bond acceptors (Lipinski definition) is 1. The summed E-state index contributed by atoms with van der Waals surface area (Å²) in [6.07, 6.45) is 2.15. The number of pyridine rings is 1. The molecule has 0 atom stereocenters. The standard InChI is InChI=1S/C19H13N4/c1-3-9-16-13(6-1)14-7-5-11-21-12-22-17-10-4-2-8-15(17)20-19(22)23(16)18(14)21/h1-11H,12H2/q+1. The van der Waals surface area contributed by atoms with Crippen molar-refractivity contribution in [3.05, 3.63) is 66.9 Å². The molecule has 0 amide bonds. The summed E-state index contributed by atoms with van der Waals surface area (Å²) in [5.74, 6) is 1.00. The molecule has 0 bridgehead atoms. The number of rotatable bonds is 0. The molecule has 0 aliphatic carbocycles. The molecule has 0 radical (unpaired) electrons. The molecule has 23 heavy (non-hydrogen) atoms. The number of benzene rings is 2. The van der Waals surface area contributed by atoms with Crippen LogP contribution in [0.1, 0.15) is 0 Å². The zero-order valence-corrected chi connectivity index (χ0v) is 12.3. The Morgan fingerprint density at radius 1 is 0.826 bits per heavy atom. The van der Waals surface area contributed by atoms with Crippen molar-refractivity contribution in [3.63, 3.8) is 0 Å². The van der Waals surface area contributed by atoms with Gasteiger partial charge in [-0.2, -0.15) is 9.55 Å². The molecule has 4 heteroatoms. The van der Waals surface area contributed by atoms with E-state index in [4.69, 9.17) is 4.98 Å². The van der Waals surface area contributed by atoms with Gasteiger partial charge in [-0.3, -0.25) is 4.57 Å². The molecular weight excluding hydrogens is 284 g/mol. The minimum Gasteiger partial charge on any atom is -0.252 e. The molecule has 0 spiro atoms. The highest BCUT2D eigenvalue weighted by Gasteiger charge is 2.31. The Bertz CT molecular complexity index is 1240. The average molecular weight is 297 g/mol. The second kappa shape index (κ2) is 3.79. The third-order valence-corrected chi connectivity index (χ3v) is 4.82. The highest BCUT2D eigenvalue weighted by atomic mass is 15.4. The molecule has 4 heterocycles. The maximum absolute atomic E-state index is 4.91. The zero-order valence-electron chi connectivity index (χ0n) is 12.3. The molecule has 4 nitrogen and oxygen atoms in total. The summed E-state index contributed by atoms with van der Waals surface area (Å²) in [5, 5.41) is 2.55. The van der Waals surface area contributed by atoms with Crippen LogP contribution in [0.3, 0.4) is 0 Å². The number of imidazole rings is 1. The Labute approximate surface area is 131 Å². The first-order valence-electron chi connectivity index (χ1n) is 7.79. The monoisotopic (exact) mass is 297 g/mol. The van der Waals surface area contributed by atoms with E-state index in [-0.39, 0.29) is 0 Å². The summed E-state index contributed by atoms with van der Waals surface area (Å²) < 4.78 is 6.87. The van der Waals surface area contributed by atoms with Gasteiger partial charge in [0, 0.05) is 5.39 Å². The Hall–Kier alpha value is -3.14. The smallest absolute Gasteiger partial charge is 0.252 e. The van der Waals surface area contributed by atoms with Crippen LogP contribution in [0.15, 0.2) is 66.9 Å². The maximum Gasteiger partial charge on any atom is 0.311 e. The fourth-order valence-electron chi connectivity index (χ4n) is 3.85. The van der Waals surface area contributed by atoms with Gasteiger partial charge in [-0.05, 0) is 36.4 Å². The maximum atomic E-state index is 4.91. The molecule has 1 aliphatic rings. The normalized spacial score (nSPS) is 13.0. The summed E-state index contributed by atoms with van der Waals surface area (Å²) in [7, 11) is 0. The lowest BCUT2D eigenvalue weighted by atomic mass is 10.2. The molecule has 108 valence electrons. The second-order valence-electron chi connectivity index (χ2n) is 6.04. The van der Waals surface area contributed by atoms with Crippen LogP contribution in [0, 0.1) is 0 Å². The fourth-order valence-corrected chi connectivity index (χ4v) is 3.85. The number of nitrogens with zero attached hydrogens (tertiary/aromatic N) is 4. The van der Waals surface area contributed by atoms with E-state index in [0.717, 1.165) is 18.1 Å². The lowest BCUT2D eigenvalue weighted by molar-refractivity contribution is -0.680. The van der Waals surface area contributed by atoms with Crippen molar-refractivity contribution in [2.24, 2.45) is 0 Å². The van der Waals surface area contributed by atoms with Crippen molar-refractivity contribution in [2.75, 3.05) is 0 Å². The van der Waals surface area contributed by atoms with Crippen LogP contribution >= 0.6 is 0 Å². The van der Waals surface area contributed by atoms with Crippen LogP contribution in [-0.4, -0.2) is 14.1 Å². The molecule has 6 rings (SSSR count). The zero-order chi connectivity index (χ0) is 15.0. The van der Waals surface area contributed by atoms with Gasteiger partial charge in [0.15, 0.2) is 6.67 Å². The Kier molecular flexibility index (Phi) is 1.88. The van der Waals surface area contributed by atoms with Crippen molar-refractivity contribution in [3.8, 4) is 5.95 Å². The van der Waals surface area contributed by atoms with E-state index < -0.39 is 0 Å². The van der Waals surface area contributed by atoms with Gasteiger partial charge in [0.2, 0.25) is 0 Å². The Balaban J connectivity index is 1.91. The number of fused-ring (bicyclic) bond motifs is 7. The van der Waals surface area contributed by atoms with Gasteiger partial charge < -0.3 is 0 Å². The van der Waals surface area contributed by atoms with Crippen LogP contribution < -0.4 is 4.57 Å². The third kappa shape index (κ3) is 1.27. The van der Waals surface area contributed by atoms with E-state index in [1.807, 2.05) is 6.07 Å². The number of aromatic nitrogens is 4. The summed E-state index contributed by atoms with van der Waals surface area (Å²) in [6.45, 7) is 0.795. The minimum atomic E-state index is 0.795. The van der Waals surface area contributed by atoms with Gasteiger partial charge >= 0.3 is 5.95 Å². The lowest BCUT2D eigenvalue weighted by Gasteiger charge is -2.13. The first-order valence-corrected chi connectivity index (χ1v) is 7.79. The highest BCUT2D eigenvalue weighted by Crippen LogP contribution is 2.32. The molecule has 1 aliphatic heterocycles. The van der Waals surface area contributed by atoms with Gasteiger partial charge in [0.05, 0.1) is 22.6 Å². The Morgan fingerprint density at radius 2 is 1.61 bits per heavy atom. The highest BCUT2D eigenvalue weighted by molar-refractivity contribution is 6.06. The topological polar surface area (TPSA) is 26.6 Å². The van der Waals surface area contributed by atoms with Gasteiger partial charge in [0.1, 0.15) is 5.52 Å². The summed E-state index contributed by atoms with van der Waals surface area (Å²) >= 11 is 0. The van der Waals surface area contributed by atoms with Crippen molar-refractivity contribution < 1.29 is 4.57 Å². The van der Waals surface area contributed by atoms with Gasteiger partial charge in [0.25, 0.3) is 5.65 Å². The SMILES string of the molecule is c1ccc2c(c1)nc1n2C[n+]2cccc3c4ccccc4n-1c32. The lowest BCUT2D eigenvalue weighted by Crippen LogP contribution is -2.43. The predicted molar refractivity (Wildman–Crippen MR) is 89.7 cm³/mol. The van der Waals surface area contributed by atoms with E-state index in [1.165, 1.54) is 27.5 Å². The quantitative estimate of drug-likeness (QED) is 0.395. The van der Waals surface area contributed by atoms with E-state index in [0.29, 0.717) is 0 Å². The molecule has 0 N–H and O–H groups in total. The fraction of sp³-hybridized carbons (Fsp3) is 0.0526. The van der Waals surface area contributed by atoms with Crippen molar-refractivity contribution >= 4 is 33.0 Å². The second-order valence-corrected chi connectivity index (χ2v) is 6.04. The van der Waals surface area contributed by atoms with Crippen molar-refractivity contribution in [1.82, 2.24) is 14.1 Å². The molecule has 0 fully saturated rings. The molecule has 2 aromatic carbocycles. The van der Waals surface area contributed by atoms with Crippen LogP contribution in [0.5, 0.6) is 0 Å². The van der Waals surface area contributed by atoms with Crippen LogP contribution in [0.2, 0.25) is 0 Å².